The lowest BCUT2D eigenvalue weighted by Gasteiger charge is -2.18. The van der Waals surface area contributed by atoms with E-state index in [0.29, 0.717) is 17.4 Å². The number of benzene rings is 2. The standard InChI is InChI=1S/C15H13F4NO/c1-21-12-8-3-2-5-9(12)14(20)10-6-4-7-11(13(10)16)15(17,18)19/h2-8,14H,20H2,1H3. The van der Waals surface area contributed by atoms with Crippen LogP contribution in [0.25, 0.3) is 0 Å². The SMILES string of the molecule is COc1ccccc1C(N)c1cccc(C(F)(F)F)c1F. The average Bonchev–Trinajstić information content (AvgIpc) is 2.45. The maximum atomic E-state index is 14.1. The van der Waals surface area contributed by atoms with Crippen molar-refractivity contribution >= 4 is 0 Å². The van der Waals surface area contributed by atoms with Crippen LogP contribution in [0, 0.1) is 5.82 Å². The number of hydrogen-bond acceptors (Lipinski definition) is 2. The lowest BCUT2D eigenvalue weighted by Crippen LogP contribution is -2.18. The van der Waals surface area contributed by atoms with Crippen molar-refractivity contribution in [1.82, 2.24) is 0 Å². The van der Waals surface area contributed by atoms with Crippen LogP contribution in [-0.2, 0) is 6.18 Å². The molecule has 0 radical (unpaired) electrons. The van der Waals surface area contributed by atoms with Crippen molar-refractivity contribution in [2.45, 2.75) is 12.2 Å². The zero-order valence-corrected chi connectivity index (χ0v) is 11.1. The fraction of sp³-hybridized carbons (Fsp3) is 0.200. The Morgan fingerprint density at radius 3 is 2.24 bits per heavy atom. The normalized spacial score (nSPS) is 13.0. The Kier molecular flexibility index (Phi) is 4.18. The van der Waals surface area contributed by atoms with Crippen LogP contribution in [0.3, 0.4) is 0 Å². The third kappa shape index (κ3) is 3.00. The van der Waals surface area contributed by atoms with E-state index < -0.39 is 23.6 Å². The lowest BCUT2D eigenvalue weighted by atomic mass is 9.96. The van der Waals surface area contributed by atoms with Gasteiger partial charge in [0.1, 0.15) is 11.6 Å². The minimum Gasteiger partial charge on any atom is -0.496 e. The molecule has 0 fully saturated rings. The first kappa shape index (κ1) is 15.3. The van der Waals surface area contributed by atoms with Gasteiger partial charge >= 0.3 is 6.18 Å². The first-order valence-corrected chi connectivity index (χ1v) is 6.10. The predicted molar refractivity (Wildman–Crippen MR) is 70.4 cm³/mol. The van der Waals surface area contributed by atoms with Crippen molar-refractivity contribution < 1.29 is 22.3 Å². The summed E-state index contributed by atoms with van der Waals surface area (Å²) in [5, 5.41) is 0. The number of para-hydroxylation sites is 1. The second kappa shape index (κ2) is 5.73. The molecule has 0 aliphatic heterocycles. The zero-order valence-electron chi connectivity index (χ0n) is 11.1. The summed E-state index contributed by atoms with van der Waals surface area (Å²) in [6.07, 6.45) is -4.76. The first-order valence-electron chi connectivity index (χ1n) is 6.10. The Labute approximate surface area is 119 Å². The summed E-state index contributed by atoms with van der Waals surface area (Å²) in [6, 6.07) is 8.56. The summed E-state index contributed by atoms with van der Waals surface area (Å²) in [7, 11) is 1.41. The molecule has 1 unspecified atom stereocenters. The van der Waals surface area contributed by atoms with Crippen molar-refractivity contribution in [3.05, 3.63) is 65.0 Å². The molecule has 2 nitrogen and oxygen atoms in total. The molecule has 0 aliphatic rings. The highest BCUT2D eigenvalue weighted by molar-refractivity contribution is 5.43. The molecule has 0 heterocycles. The monoisotopic (exact) mass is 299 g/mol. The largest absolute Gasteiger partial charge is 0.496 e. The minimum atomic E-state index is -4.76. The number of methoxy groups -OCH3 is 1. The van der Waals surface area contributed by atoms with Gasteiger partial charge in [-0.1, -0.05) is 30.3 Å². The van der Waals surface area contributed by atoms with Gasteiger partial charge in [0.25, 0.3) is 0 Å². The van der Waals surface area contributed by atoms with E-state index in [9.17, 15) is 17.6 Å². The molecule has 112 valence electrons. The number of alkyl halides is 3. The topological polar surface area (TPSA) is 35.2 Å². The van der Waals surface area contributed by atoms with Crippen molar-refractivity contribution in [3.63, 3.8) is 0 Å². The van der Waals surface area contributed by atoms with E-state index in [2.05, 4.69) is 0 Å². The van der Waals surface area contributed by atoms with Crippen LogP contribution in [0.5, 0.6) is 5.75 Å². The van der Waals surface area contributed by atoms with Gasteiger partial charge in [0.05, 0.1) is 18.7 Å². The van der Waals surface area contributed by atoms with Gasteiger partial charge in [0, 0.05) is 11.1 Å². The molecule has 2 rings (SSSR count). The molecule has 0 amide bonds. The molecule has 0 aromatic heterocycles. The highest BCUT2D eigenvalue weighted by atomic mass is 19.4. The van der Waals surface area contributed by atoms with Gasteiger partial charge in [-0.2, -0.15) is 13.2 Å². The second-order valence-electron chi connectivity index (χ2n) is 4.43. The van der Waals surface area contributed by atoms with Gasteiger partial charge < -0.3 is 10.5 Å². The van der Waals surface area contributed by atoms with Crippen LogP contribution in [0.2, 0.25) is 0 Å². The van der Waals surface area contributed by atoms with E-state index in [0.717, 1.165) is 6.07 Å². The molecule has 2 aromatic carbocycles. The van der Waals surface area contributed by atoms with Gasteiger partial charge in [-0.15, -0.1) is 0 Å². The molecule has 0 spiro atoms. The smallest absolute Gasteiger partial charge is 0.419 e. The number of halogens is 4. The van der Waals surface area contributed by atoms with Crippen LogP contribution < -0.4 is 10.5 Å². The van der Waals surface area contributed by atoms with E-state index in [1.807, 2.05) is 0 Å². The summed E-state index contributed by atoms with van der Waals surface area (Å²) < 4.78 is 57.4. The van der Waals surface area contributed by atoms with E-state index in [1.54, 1.807) is 24.3 Å². The number of rotatable bonds is 3. The van der Waals surface area contributed by atoms with Crippen LogP contribution in [0.15, 0.2) is 42.5 Å². The van der Waals surface area contributed by atoms with Gasteiger partial charge in [0.2, 0.25) is 0 Å². The van der Waals surface area contributed by atoms with E-state index >= 15 is 0 Å². The van der Waals surface area contributed by atoms with E-state index in [1.165, 1.54) is 13.2 Å². The van der Waals surface area contributed by atoms with Crippen LogP contribution >= 0.6 is 0 Å². The molecular weight excluding hydrogens is 286 g/mol. The maximum Gasteiger partial charge on any atom is 0.419 e. The Morgan fingerprint density at radius 2 is 1.62 bits per heavy atom. The minimum absolute atomic E-state index is 0.227. The highest BCUT2D eigenvalue weighted by Crippen LogP contribution is 2.36. The molecule has 6 heteroatoms. The molecular formula is C15H13F4NO. The summed E-state index contributed by atoms with van der Waals surface area (Å²) in [6.45, 7) is 0. The maximum absolute atomic E-state index is 14.1. The van der Waals surface area contributed by atoms with Crippen molar-refractivity contribution in [3.8, 4) is 5.75 Å². The Hall–Kier alpha value is -2.08. The summed E-state index contributed by atoms with van der Waals surface area (Å²) in [4.78, 5) is 0. The number of hydrogen-bond donors (Lipinski definition) is 1. The van der Waals surface area contributed by atoms with Gasteiger partial charge in [-0.25, -0.2) is 4.39 Å². The van der Waals surface area contributed by atoms with E-state index in [4.69, 9.17) is 10.5 Å². The first-order chi connectivity index (χ1) is 9.86. The average molecular weight is 299 g/mol. The highest BCUT2D eigenvalue weighted by Gasteiger charge is 2.35. The summed E-state index contributed by atoms with van der Waals surface area (Å²) in [5.41, 5.74) is 4.78. The number of ether oxygens (including phenoxy) is 1. The molecule has 0 saturated heterocycles. The summed E-state index contributed by atoms with van der Waals surface area (Å²) in [5.74, 6) is -0.967. The fourth-order valence-corrected chi connectivity index (χ4v) is 2.10. The molecule has 0 aliphatic carbocycles. The second-order valence-corrected chi connectivity index (χ2v) is 4.43. The third-order valence-electron chi connectivity index (χ3n) is 3.14. The Balaban J connectivity index is 2.52. The summed E-state index contributed by atoms with van der Waals surface area (Å²) >= 11 is 0. The number of nitrogens with two attached hydrogens (primary N) is 1. The Morgan fingerprint density at radius 1 is 1.00 bits per heavy atom. The fourth-order valence-electron chi connectivity index (χ4n) is 2.10. The molecule has 0 bridgehead atoms. The van der Waals surface area contributed by atoms with Crippen molar-refractivity contribution in [1.29, 1.82) is 0 Å². The molecule has 2 aromatic rings. The molecule has 21 heavy (non-hydrogen) atoms. The quantitative estimate of drug-likeness (QED) is 0.872. The molecule has 0 saturated carbocycles. The van der Waals surface area contributed by atoms with Gasteiger partial charge in [-0.05, 0) is 12.1 Å². The lowest BCUT2D eigenvalue weighted by molar-refractivity contribution is -0.140. The van der Waals surface area contributed by atoms with Crippen molar-refractivity contribution in [2.75, 3.05) is 7.11 Å². The van der Waals surface area contributed by atoms with Gasteiger partial charge in [-0.3, -0.25) is 0 Å². The third-order valence-corrected chi connectivity index (χ3v) is 3.14. The predicted octanol–water partition coefficient (Wildman–Crippen LogP) is 3.90. The molecule has 1 atom stereocenters. The van der Waals surface area contributed by atoms with Crippen LogP contribution in [-0.4, -0.2) is 7.11 Å². The van der Waals surface area contributed by atoms with Gasteiger partial charge in [0.15, 0.2) is 0 Å². The molecule has 2 N–H and O–H groups in total. The zero-order chi connectivity index (χ0) is 15.6. The Bertz CT molecular complexity index is 640. The van der Waals surface area contributed by atoms with Crippen molar-refractivity contribution in [2.24, 2.45) is 5.73 Å². The van der Waals surface area contributed by atoms with E-state index in [-0.39, 0.29) is 5.56 Å². The van der Waals surface area contributed by atoms with Crippen LogP contribution in [0.4, 0.5) is 17.6 Å². The van der Waals surface area contributed by atoms with Crippen LogP contribution in [0.1, 0.15) is 22.7 Å².